The van der Waals surface area contributed by atoms with E-state index < -0.39 is 11.2 Å². The number of carbonyl (C=O) groups is 1. The lowest BCUT2D eigenvalue weighted by Gasteiger charge is -2.02. The standard InChI is InChI=1S/C11H11NO2S/c1-7-2-4-8(5-3-7)10-12-6-9(15-10)11(13)14/h2-5,9H,6H2,1H3,(H,13,14). The lowest BCUT2D eigenvalue weighted by atomic mass is 10.2. The molecule has 1 heterocycles. The van der Waals surface area contributed by atoms with E-state index in [0.29, 0.717) is 6.54 Å². The molecule has 0 radical (unpaired) electrons. The summed E-state index contributed by atoms with van der Waals surface area (Å²) in [5.74, 6) is -0.786. The molecule has 0 fully saturated rings. The first-order chi connectivity index (χ1) is 7.16. The largest absolute Gasteiger partial charge is 0.480 e. The van der Waals surface area contributed by atoms with Crippen molar-refractivity contribution < 1.29 is 9.90 Å². The Morgan fingerprint density at radius 3 is 2.67 bits per heavy atom. The second kappa shape index (κ2) is 4.06. The van der Waals surface area contributed by atoms with Gasteiger partial charge in [-0.1, -0.05) is 41.6 Å². The van der Waals surface area contributed by atoms with E-state index in [2.05, 4.69) is 4.99 Å². The smallest absolute Gasteiger partial charge is 0.318 e. The Morgan fingerprint density at radius 1 is 1.47 bits per heavy atom. The molecule has 0 aliphatic carbocycles. The molecule has 15 heavy (non-hydrogen) atoms. The van der Waals surface area contributed by atoms with E-state index in [1.165, 1.54) is 17.3 Å². The number of carboxylic acids is 1. The molecule has 0 saturated carbocycles. The normalized spacial score (nSPS) is 20.1. The molecule has 0 bridgehead atoms. The van der Waals surface area contributed by atoms with Crippen molar-refractivity contribution in [2.24, 2.45) is 4.99 Å². The van der Waals surface area contributed by atoms with Crippen LogP contribution in [-0.2, 0) is 4.79 Å². The third-order valence-electron chi connectivity index (χ3n) is 2.23. The van der Waals surface area contributed by atoms with Crippen molar-refractivity contribution in [3.63, 3.8) is 0 Å². The van der Waals surface area contributed by atoms with Gasteiger partial charge in [0.25, 0.3) is 0 Å². The lowest BCUT2D eigenvalue weighted by Crippen LogP contribution is -2.16. The van der Waals surface area contributed by atoms with E-state index in [1.54, 1.807) is 0 Å². The minimum Gasteiger partial charge on any atom is -0.480 e. The van der Waals surface area contributed by atoms with Gasteiger partial charge in [-0.05, 0) is 6.92 Å². The Morgan fingerprint density at radius 2 is 2.13 bits per heavy atom. The van der Waals surface area contributed by atoms with E-state index in [1.807, 2.05) is 31.2 Å². The molecule has 2 rings (SSSR count). The van der Waals surface area contributed by atoms with Gasteiger partial charge in [-0.25, -0.2) is 0 Å². The van der Waals surface area contributed by atoms with Gasteiger partial charge >= 0.3 is 5.97 Å². The van der Waals surface area contributed by atoms with Crippen LogP contribution in [0.5, 0.6) is 0 Å². The lowest BCUT2D eigenvalue weighted by molar-refractivity contribution is -0.136. The van der Waals surface area contributed by atoms with Crippen molar-refractivity contribution in [3.8, 4) is 0 Å². The van der Waals surface area contributed by atoms with Crippen LogP contribution in [0.4, 0.5) is 0 Å². The SMILES string of the molecule is Cc1ccc(C2=NCC(C(=O)O)S2)cc1. The van der Waals surface area contributed by atoms with E-state index in [9.17, 15) is 4.79 Å². The van der Waals surface area contributed by atoms with Gasteiger partial charge < -0.3 is 5.11 Å². The number of rotatable bonds is 2. The van der Waals surface area contributed by atoms with Gasteiger partial charge in [-0.3, -0.25) is 9.79 Å². The van der Waals surface area contributed by atoms with Crippen LogP contribution in [0.2, 0.25) is 0 Å². The predicted octanol–water partition coefficient (Wildman–Crippen LogP) is 1.94. The first-order valence-corrected chi connectivity index (χ1v) is 5.56. The van der Waals surface area contributed by atoms with E-state index >= 15 is 0 Å². The molecule has 78 valence electrons. The van der Waals surface area contributed by atoms with Gasteiger partial charge in [0.2, 0.25) is 0 Å². The number of aliphatic imine (C=N–C) groups is 1. The summed E-state index contributed by atoms with van der Waals surface area (Å²) < 4.78 is 0. The van der Waals surface area contributed by atoms with E-state index in [0.717, 1.165) is 10.6 Å². The fraction of sp³-hybridized carbons (Fsp3) is 0.273. The predicted molar refractivity (Wildman–Crippen MR) is 61.6 cm³/mol. The average molecular weight is 221 g/mol. The third kappa shape index (κ3) is 2.21. The first kappa shape index (κ1) is 10.2. The second-order valence-electron chi connectivity index (χ2n) is 3.46. The summed E-state index contributed by atoms with van der Waals surface area (Å²) in [6, 6.07) is 7.97. The van der Waals surface area contributed by atoms with Crippen molar-refractivity contribution in [1.82, 2.24) is 0 Å². The number of nitrogens with zero attached hydrogens (tertiary/aromatic N) is 1. The molecule has 1 N–H and O–H groups in total. The fourth-order valence-electron chi connectivity index (χ4n) is 1.36. The van der Waals surface area contributed by atoms with E-state index in [-0.39, 0.29) is 0 Å². The maximum absolute atomic E-state index is 10.7. The maximum Gasteiger partial charge on any atom is 0.318 e. The zero-order valence-electron chi connectivity index (χ0n) is 8.30. The molecular weight excluding hydrogens is 210 g/mol. The fourth-order valence-corrected chi connectivity index (χ4v) is 2.30. The minimum absolute atomic E-state index is 0.378. The Labute approximate surface area is 92.2 Å². The molecule has 1 unspecified atom stereocenters. The van der Waals surface area contributed by atoms with Crippen molar-refractivity contribution in [2.45, 2.75) is 12.2 Å². The van der Waals surface area contributed by atoms with Gasteiger partial charge in [0.1, 0.15) is 5.25 Å². The summed E-state index contributed by atoms with van der Waals surface area (Å²) in [4.78, 5) is 15.0. The zero-order valence-corrected chi connectivity index (χ0v) is 9.12. The summed E-state index contributed by atoms with van der Waals surface area (Å²) in [6.07, 6.45) is 0. The summed E-state index contributed by atoms with van der Waals surface area (Å²) in [6.45, 7) is 2.40. The average Bonchev–Trinajstić information content (AvgIpc) is 2.68. The van der Waals surface area contributed by atoms with Crippen LogP contribution >= 0.6 is 11.8 Å². The van der Waals surface area contributed by atoms with Crippen LogP contribution in [0.15, 0.2) is 29.3 Å². The highest BCUT2D eigenvalue weighted by Crippen LogP contribution is 2.25. The van der Waals surface area contributed by atoms with E-state index in [4.69, 9.17) is 5.11 Å². The zero-order chi connectivity index (χ0) is 10.8. The molecule has 1 atom stereocenters. The van der Waals surface area contributed by atoms with Gasteiger partial charge in [0, 0.05) is 5.56 Å². The molecule has 0 spiro atoms. The monoisotopic (exact) mass is 221 g/mol. The maximum atomic E-state index is 10.7. The molecule has 0 amide bonds. The number of benzene rings is 1. The topological polar surface area (TPSA) is 49.7 Å². The summed E-state index contributed by atoms with van der Waals surface area (Å²) in [5.41, 5.74) is 2.20. The second-order valence-corrected chi connectivity index (χ2v) is 4.65. The third-order valence-corrected chi connectivity index (χ3v) is 3.45. The van der Waals surface area contributed by atoms with Gasteiger partial charge in [0.15, 0.2) is 0 Å². The number of thioether (sulfide) groups is 1. The Bertz CT molecular complexity index is 411. The number of hydrogen-bond acceptors (Lipinski definition) is 3. The van der Waals surface area contributed by atoms with Gasteiger partial charge in [0.05, 0.1) is 11.6 Å². The van der Waals surface area contributed by atoms with Crippen LogP contribution in [0, 0.1) is 6.92 Å². The first-order valence-electron chi connectivity index (χ1n) is 4.68. The molecular formula is C11H11NO2S. The molecule has 4 heteroatoms. The highest BCUT2D eigenvalue weighted by Gasteiger charge is 2.26. The highest BCUT2D eigenvalue weighted by atomic mass is 32.2. The van der Waals surface area contributed by atoms with Crippen LogP contribution in [0.25, 0.3) is 0 Å². The van der Waals surface area contributed by atoms with Gasteiger partial charge in [-0.15, -0.1) is 0 Å². The Balaban J connectivity index is 2.14. The number of carboxylic acid groups (broad SMARTS) is 1. The molecule has 0 aromatic heterocycles. The van der Waals surface area contributed by atoms with Crippen LogP contribution in [-0.4, -0.2) is 27.9 Å². The van der Waals surface area contributed by atoms with Crippen molar-refractivity contribution in [1.29, 1.82) is 0 Å². The van der Waals surface area contributed by atoms with Crippen molar-refractivity contribution in [2.75, 3.05) is 6.54 Å². The Hall–Kier alpha value is -1.29. The molecule has 1 aliphatic rings. The van der Waals surface area contributed by atoms with Crippen LogP contribution in [0.3, 0.4) is 0 Å². The molecule has 1 aromatic carbocycles. The quantitative estimate of drug-likeness (QED) is 0.830. The van der Waals surface area contributed by atoms with Crippen LogP contribution < -0.4 is 0 Å². The Kier molecular flexibility index (Phi) is 2.77. The van der Waals surface area contributed by atoms with Crippen molar-refractivity contribution >= 4 is 22.8 Å². The molecule has 1 aromatic rings. The summed E-state index contributed by atoms with van der Waals surface area (Å²) in [7, 11) is 0. The van der Waals surface area contributed by atoms with Crippen molar-refractivity contribution in [3.05, 3.63) is 35.4 Å². The number of aliphatic carboxylic acids is 1. The summed E-state index contributed by atoms with van der Waals surface area (Å²) >= 11 is 1.33. The highest BCUT2D eigenvalue weighted by molar-refractivity contribution is 8.15. The van der Waals surface area contributed by atoms with Crippen LogP contribution in [0.1, 0.15) is 11.1 Å². The molecule has 3 nitrogen and oxygen atoms in total. The number of aryl methyl sites for hydroxylation is 1. The molecule has 0 saturated heterocycles. The minimum atomic E-state index is -0.786. The summed E-state index contributed by atoms with van der Waals surface area (Å²) in [5, 5.41) is 9.25. The number of hydrogen-bond donors (Lipinski definition) is 1. The van der Waals surface area contributed by atoms with Gasteiger partial charge in [-0.2, -0.15) is 0 Å². The molecule has 1 aliphatic heterocycles.